The molecule has 5 nitrogen and oxygen atoms in total. The fourth-order valence-electron chi connectivity index (χ4n) is 5.03. The Morgan fingerprint density at radius 1 is 0.833 bits per heavy atom. The minimum atomic E-state index is 0.300. The van der Waals surface area contributed by atoms with E-state index in [1.807, 2.05) is 6.07 Å². The molecule has 0 atom stereocenters. The predicted molar refractivity (Wildman–Crippen MR) is 113 cm³/mol. The van der Waals surface area contributed by atoms with Crippen LogP contribution in [0.2, 0.25) is 0 Å². The number of nitrogens with zero attached hydrogens (tertiary/aromatic N) is 1. The van der Waals surface area contributed by atoms with Crippen molar-refractivity contribution in [3.63, 3.8) is 0 Å². The van der Waals surface area contributed by atoms with Crippen molar-refractivity contribution in [2.75, 3.05) is 13.6 Å². The van der Waals surface area contributed by atoms with Gasteiger partial charge in [0.25, 0.3) is 0 Å². The van der Waals surface area contributed by atoms with Gasteiger partial charge in [-0.1, -0.05) is 19.8 Å². The Bertz CT molecular complexity index is 1150. The highest BCUT2D eigenvalue weighted by molar-refractivity contribution is 5.95. The lowest BCUT2D eigenvalue weighted by atomic mass is 9.85. The second-order valence-electron chi connectivity index (χ2n) is 8.33. The highest BCUT2D eigenvalue weighted by Gasteiger charge is 2.32. The van der Waals surface area contributed by atoms with Crippen LogP contribution < -0.4 is 23.5 Å². The fourth-order valence-corrected chi connectivity index (χ4v) is 5.03. The molecule has 0 spiro atoms. The van der Waals surface area contributed by atoms with Gasteiger partial charge in [-0.25, -0.2) is 0 Å². The first kappa shape index (κ1) is 17.9. The van der Waals surface area contributed by atoms with Crippen LogP contribution in [0.1, 0.15) is 43.7 Å². The molecule has 3 aliphatic rings. The number of ether oxygens (including phenoxy) is 4. The molecule has 0 bridgehead atoms. The first-order valence-electron chi connectivity index (χ1n) is 11.0. The molecule has 154 valence electrons. The smallest absolute Gasteiger partial charge is 0.231 e. The van der Waals surface area contributed by atoms with Gasteiger partial charge in [-0.05, 0) is 49.1 Å². The van der Waals surface area contributed by atoms with Crippen LogP contribution in [-0.4, -0.2) is 13.6 Å². The number of hydrogen-bond acceptors (Lipinski definition) is 4. The minimum absolute atomic E-state index is 0.300. The number of fused-ring (bicyclic) bond motifs is 8. The molecule has 0 saturated heterocycles. The molecular formula is C25H26NO4+. The van der Waals surface area contributed by atoms with Crippen LogP contribution in [0, 0.1) is 0 Å². The number of aromatic nitrogens is 1. The molecule has 0 N–H and O–H groups in total. The lowest BCUT2D eigenvalue weighted by molar-refractivity contribution is -0.685. The van der Waals surface area contributed by atoms with E-state index in [0.29, 0.717) is 13.6 Å². The maximum atomic E-state index is 5.86. The summed E-state index contributed by atoms with van der Waals surface area (Å²) in [4.78, 5) is 0. The second kappa shape index (κ2) is 7.08. The zero-order chi connectivity index (χ0) is 20.1. The van der Waals surface area contributed by atoms with Crippen molar-refractivity contribution in [1.82, 2.24) is 0 Å². The molecule has 2 aromatic carbocycles. The molecule has 0 radical (unpaired) electrons. The summed E-state index contributed by atoms with van der Waals surface area (Å²) in [6.07, 6.45) is 9.21. The molecule has 0 fully saturated rings. The highest BCUT2D eigenvalue weighted by Crippen LogP contribution is 2.45. The molecule has 5 heteroatoms. The van der Waals surface area contributed by atoms with E-state index in [-0.39, 0.29) is 0 Å². The van der Waals surface area contributed by atoms with Crippen molar-refractivity contribution in [3.05, 3.63) is 41.6 Å². The van der Waals surface area contributed by atoms with E-state index < -0.39 is 0 Å². The first-order chi connectivity index (χ1) is 14.8. The molecule has 3 aromatic rings. The summed E-state index contributed by atoms with van der Waals surface area (Å²) < 4.78 is 25.3. The van der Waals surface area contributed by atoms with E-state index in [4.69, 9.17) is 18.9 Å². The van der Waals surface area contributed by atoms with Crippen molar-refractivity contribution < 1.29 is 23.5 Å². The summed E-state index contributed by atoms with van der Waals surface area (Å²) in [6.45, 7) is 3.86. The number of aryl methyl sites for hydroxylation is 3. The van der Waals surface area contributed by atoms with E-state index in [9.17, 15) is 0 Å². The Morgan fingerprint density at radius 2 is 1.67 bits per heavy atom. The van der Waals surface area contributed by atoms with Gasteiger partial charge in [0.2, 0.25) is 19.3 Å². The average molecular weight is 404 g/mol. The van der Waals surface area contributed by atoms with Crippen LogP contribution in [0.4, 0.5) is 0 Å². The SMILES string of the molecule is CCCCCC[n+]1cc2c3c(ccc2c2c1-c1cc4c(cc1CC2)OCO4)OCO3. The number of rotatable bonds is 5. The number of unbranched alkanes of at least 4 members (excludes halogenated alkanes) is 3. The van der Waals surface area contributed by atoms with E-state index in [1.54, 1.807) is 0 Å². The van der Waals surface area contributed by atoms with Crippen LogP contribution in [-0.2, 0) is 19.4 Å². The van der Waals surface area contributed by atoms with Gasteiger partial charge in [0.1, 0.15) is 6.54 Å². The monoisotopic (exact) mass is 404 g/mol. The van der Waals surface area contributed by atoms with Crippen LogP contribution in [0.5, 0.6) is 23.0 Å². The molecular weight excluding hydrogens is 378 g/mol. The van der Waals surface area contributed by atoms with E-state index >= 15 is 0 Å². The van der Waals surface area contributed by atoms with Gasteiger partial charge in [0.05, 0.1) is 10.9 Å². The highest BCUT2D eigenvalue weighted by atomic mass is 16.7. The third-order valence-electron chi connectivity index (χ3n) is 6.51. The molecule has 3 heterocycles. The molecule has 1 aliphatic carbocycles. The summed E-state index contributed by atoms with van der Waals surface area (Å²) in [7, 11) is 0. The number of benzene rings is 2. The van der Waals surface area contributed by atoms with Gasteiger partial charge >= 0.3 is 0 Å². The third-order valence-corrected chi connectivity index (χ3v) is 6.51. The van der Waals surface area contributed by atoms with Gasteiger partial charge in [-0.15, -0.1) is 0 Å². The van der Waals surface area contributed by atoms with E-state index in [1.165, 1.54) is 53.5 Å². The maximum Gasteiger partial charge on any atom is 0.231 e. The topological polar surface area (TPSA) is 40.8 Å². The van der Waals surface area contributed by atoms with Crippen LogP contribution in [0.3, 0.4) is 0 Å². The number of pyridine rings is 1. The zero-order valence-electron chi connectivity index (χ0n) is 17.3. The van der Waals surface area contributed by atoms with Crippen molar-refractivity contribution in [3.8, 4) is 34.3 Å². The van der Waals surface area contributed by atoms with E-state index in [2.05, 4.69) is 35.9 Å². The van der Waals surface area contributed by atoms with Crippen LogP contribution >= 0.6 is 0 Å². The zero-order valence-corrected chi connectivity index (χ0v) is 17.3. The number of hydrogen-bond donors (Lipinski definition) is 0. The molecule has 0 unspecified atom stereocenters. The second-order valence-corrected chi connectivity index (χ2v) is 8.33. The average Bonchev–Trinajstić information content (AvgIpc) is 3.43. The molecule has 6 rings (SSSR count). The summed E-state index contributed by atoms with van der Waals surface area (Å²) in [5, 5.41) is 2.42. The van der Waals surface area contributed by atoms with Crippen molar-refractivity contribution >= 4 is 10.8 Å². The van der Waals surface area contributed by atoms with Gasteiger partial charge in [0, 0.05) is 17.4 Å². The third kappa shape index (κ3) is 2.72. The maximum absolute atomic E-state index is 5.86. The Kier molecular flexibility index (Phi) is 4.22. The lowest BCUT2D eigenvalue weighted by Crippen LogP contribution is -2.38. The standard InChI is InChI=1S/C25H26NO4/c1-2-3-4-5-10-26-13-20-17(8-9-21-25(20)30-15-27-21)18-7-6-16-11-22-23(29-14-28-22)12-19(16)24(18)26/h8-9,11-13H,2-7,10,14-15H2,1H3/q+1. The van der Waals surface area contributed by atoms with E-state index in [0.717, 1.165) is 47.8 Å². The van der Waals surface area contributed by atoms with Gasteiger partial charge in [-0.3, -0.25) is 0 Å². The summed E-state index contributed by atoms with van der Waals surface area (Å²) >= 11 is 0. The van der Waals surface area contributed by atoms with Gasteiger partial charge in [-0.2, -0.15) is 4.57 Å². The fraction of sp³-hybridized carbons (Fsp3) is 0.400. The molecule has 1 aromatic heterocycles. The summed E-state index contributed by atoms with van der Waals surface area (Å²) in [5.74, 6) is 3.45. The minimum Gasteiger partial charge on any atom is -0.454 e. The van der Waals surface area contributed by atoms with Crippen LogP contribution in [0.25, 0.3) is 22.0 Å². The summed E-state index contributed by atoms with van der Waals surface area (Å²) in [5.41, 5.74) is 5.33. The molecule has 30 heavy (non-hydrogen) atoms. The first-order valence-corrected chi connectivity index (χ1v) is 11.0. The lowest BCUT2D eigenvalue weighted by Gasteiger charge is -2.21. The van der Waals surface area contributed by atoms with Crippen molar-refractivity contribution in [2.45, 2.75) is 52.0 Å². The quantitative estimate of drug-likeness (QED) is 0.447. The Hall–Kier alpha value is -2.95. The Labute approximate surface area is 176 Å². The predicted octanol–water partition coefficient (Wildman–Crippen LogP) is 4.93. The normalized spacial score (nSPS) is 15.4. The molecule has 0 saturated carbocycles. The Balaban J connectivity index is 1.55. The van der Waals surface area contributed by atoms with Crippen molar-refractivity contribution in [1.29, 1.82) is 0 Å². The van der Waals surface area contributed by atoms with Gasteiger partial charge in [0.15, 0.2) is 29.2 Å². The largest absolute Gasteiger partial charge is 0.454 e. The van der Waals surface area contributed by atoms with Crippen molar-refractivity contribution in [2.24, 2.45) is 0 Å². The molecule has 0 amide bonds. The van der Waals surface area contributed by atoms with Crippen LogP contribution in [0.15, 0.2) is 30.5 Å². The van der Waals surface area contributed by atoms with Gasteiger partial charge < -0.3 is 18.9 Å². The molecule has 2 aliphatic heterocycles. The Morgan fingerprint density at radius 3 is 2.57 bits per heavy atom. The summed E-state index contributed by atoms with van der Waals surface area (Å²) in [6, 6.07) is 8.59.